The van der Waals surface area contributed by atoms with E-state index in [1.54, 1.807) is 13.0 Å². The van der Waals surface area contributed by atoms with Crippen LogP contribution >= 0.6 is 0 Å². The van der Waals surface area contributed by atoms with Crippen LogP contribution in [0, 0.1) is 13.8 Å². The predicted octanol–water partition coefficient (Wildman–Crippen LogP) is 2.67. The van der Waals surface area contributed by atoms with E-state index in [1.807, 2.05) is 31.2 Å². The molecule has 6 heteroatoms. The van der Waals surface area contributed by atoms with Gasteiger partial charge in [0.05, 0.1) is 4.90 Å². The molecule has 1 fully saturated rings. The van der Waals surface area contributed by atoms with Gasteiger partial charge in [-0.05, 0) is 49.9 Å². The number of carbonyl (C=O) groups is 1. The third-order valence-corrected chi connectivity index (χ3v) is 5.75. The summed E-state index contributed by atoms with van der Waals surface area (Å²) in [6, 6.07) is 12.6. The maximum Gasteiger partial charge on any atom is 0.251 e. The third kappa shape index (κ3) is 4.46. The lowest BCUT2D eigenvalue weighted by Crippen LogP contribution is -2.27. The average Bonchev–Trinajstić information content (AvgIpc) is 3.37. The molecule has 2 N–H and O–H groups in total. The molecule has 2 aromatic carbocycles. The summed E-state index contributed by atoms with van der Waals surface area (Å²) < 4.78 is 27.3. The maximum absolute atomic E-state index is 12.5. The fourth-order valence-electron chi connectivity index (χ4n) is 2.49. The molecule has 1 amide bonds. The van der Waals surface area contributed by atoms with Crippen molar-refractivity contribution in [3.63, 3.8) is 0 Å². The highest BCUT2D eigenvalue weighted by Crippen LogP contribution is 2.23. The van der Waals surface area contributed by atoms with Crippen LogP contribution in [0.4, 0.5) is 0 Å². The number of hydrogen-bond acceptors (Lipinski definition) is 3. The molecule has 132 valence electrons. The van der Waals surface area contributed by atoms with Crippen LogP contribution in [0.15, 0.2) is 47.4 Å². The first kappa shape index (κ1) is 17.6. The first-order valence-electron chi connectivity index (χ1n) is 8.32. The van der Waals surface area contributed by atoms with Crippen molar-refractivity contribution in [1.82, 2.24) is 10.0 Å². The Labute approximate surface area is 148 Å². The Morgan fingerprint density at radius 2 is 1.76 bits per heavy atom. The lowest BCUT2D eigenvalue weighted by molar-refractivity contribution is 0.0950. The van der Waals surface area contributed by atoms with Crippen molar-refractivity contribution in [2.24, 2.45) is 0 Å². The predicted molar refractivity (Wildman–Crippen MR) is 96.9 cm³/mol. The highest BCUT2D eigenvalue weighted by Gasteiger charge is 2.28. The van der Waals surface area contributed by atoms with Crippen LogP contribution in [-0.2, 0) is 16.6 Å². The molecule has 25 heavy (non-hydrogen) atoms. The van der Waals surface area contributed by atoms with Crippen LogP contribution in [0.1, 0.15) is 39.9 Å². The number of benzene rings is 2. The van der Waals surface area contributed by atoms with E-state index in [0.29, 0.717) is 12.1 Å². The highest BCUT2D eigenvalue weighted by molar-refractivity contribution is 7.89. The molecule has 0 aromatic heterocycles. The second-order valence-electron chi connectivity index (χ2n) is 6.54. The van der Waals surface area contributed by atoms with Gasteiger partial charge in [-0.3, -0.25) is 4.79 Å². The molecule has 0 aliphatic heterocycles. The first-order valence-corrected chi connectivity index (χ1v) is 9.80. The minimum atomic E-state index is -3.57. The standard InChI is InChI=1S/C19H22N2O3S/c1-13-3-6-15(7-4-13)12-20-19(22)18-11-17(10-5-14(18)2)25(23,24)21-16-8-9-16/h3-7,10-11,16,21H,8-9,12H2,1-2H3,(H,20,22). The molecule has 1 aliphatic rings. The van der Waals surface area contributed by atoms with Crippen molar-refractivity contribution in [3.05, 3.63) is 64.7 Å². The van der Waals surface area contributed by atoms with Crippen LogP contribution in [0.5, 0.6) is 0 Å². The molecular formula is C19H22N2O3S. The van der Waals surface area contributed by atoms with Crippen molar-refractivity contribution in [1.29, 1.82) is 0 Å². The van der Waals surface area contributed by atoms with Crippen molar-refractivity contribution in [2.75, 3.05) is 0 Å². The van der Waals surface area contributed by atoms with Crippen LogP contribution in [0.3, 0.4) is 0 Å². The SMILES string of the molecule is Cc1ccc(CNC(=O)c2cc(S(=O)(=O)NC3CC3)ccc2C)cc1. The van der Waals surface area contributed by atoms with E-state index in [1.165, 1.54) is 12.1 Å². The minimum Gasteiger partial charge on any atom is -0.348 e. The van der Waals surface area contributed by atoms with Crippen LogP contribution < -0.4 is 10.0 Å². The van der Waals surface area contributed by atoms with Gasteiger partial charge < -0.3 is 5.32 Å². The lowest BCUT2D eigenvalue weighted by atomic mass is 10.1. The summed E-state index contributed by atoms with van der Waals surface area (Å²) in [6.45, 7) is 4.20. The van der Waals surface area contributed by atoms with Gasteiger partial charge in [0.1, 0.15) is 0 Å². The zero-order valence-electron chi connectivity index (χ0n) is 14.4. The molecule has 3 rings (SSSR count). The smallest absolute Gasteiger partial charge is 0.251 e. The van der Waals surface area contributed by atoms with Gasteiger partial charge in [-0.15, -0.1) is 0 Å². The average molecular weight is 358 g/mol. The van der Waals surface area contributed by atoms with Gasteiger partial charge in [0.25, 0.3) is 5.91 Å². The highest BCUT2D eigenvalue weighted by atomic mass is 32.2. The molecular weight excluding hydrogens is 336 g/mol. The molecule has 1 saturated carbocycles. The van der Waals surface area contributed by atoms with E-state index in [4.69, 9.17) is 0 Å². The summed E-state index contributed by atoms with van der Waals surface area (Å²) >= 11 is 0. The van der Waals surface area contributed by atoms with Gasteiger partial charge >= 0.3 is 0 Å². The Morgan fingerprint density at radius 1 is 1.08 bits per heavy atom. The van der Waals surface area contributed by atoms with Crippen LogP contribution in [0.2, 0.25) is 0 Å². The second kappa shape index (κ2) is 6.98. The molecule has 0 saturated heterocycles. The molecule has 0 spiro atoms. The lowest BCUT2D eigenvalue weighted by Gasteiger charge is -2.11. The van der Waals surface area contributed by atoms with E-state index in [2.05, 4.69) is 10.0 Å². The van der Waals surface area contributed by atoms with Crippen LogP contribution in [0.25, 0.3) is 0 Å². The fourth-order valence-corrected chi connectivity index (χ4v) is 3.82. The fraction of sp³-hybridized carbons (Fsp3) is 0.316. The van der Waals surface area contributed by atoms with Gasteiger partial charge in [0.2, 0.25) is 10.0 Å². The topological polar surface area (TPSA) is 75.3 Å². The molecule has 0 radical (unpaired) electrons. The number of sulfonamides is 1. The Bertz CT molecular complexity index is 885. The largest absolute Gasteiger partial charge is 0.348 e. The van der Waals surface area contributed by atoms with E-state index >= 15 is 0 Å². The zero-order chi connectivity index (χ0) is 18.0. The second-order valence-corrected chi connectivity index (χ2v) is 8.25. The van der Waals surface area contributed by atoms with E-state index < -0.39 is 10.0 Å². The first-order chi connectivity index (χ1) is 11.8. The summed E-state index contributed by atoms with van der Waals surface area (Å²) in [6.07, 6.45) is 1.74. The molecule has 0 unspecified atom stereocenters. The minimum absolute atomic E-state index is 0.0325. The van der Waals surface area contributed by atoms with E-state index in [-0.39, 0.29) is 16.8 Å². The van der Waals surface area contributed by atoms with Gasteiger partial charge in [-0.1, -0.05) is 35.9 Å². The molecule has 5 nitrogen and oxygen atoms in total. The quantitative estimate of drug-likeness (QED) is 0.834. The van der Waals surface area contributed by atoms with Crippen molar-refractivity contribution < 1.29 is 13.2 Å². The summed E-state index contributed by atoms with van der Waals surface area (Å²) in [4.78, 5) is 12.6. The normalized spacial score (nSPS) is 14.3. The number of nitrogens with one attached hydrogen (secondary N) is 2. The van der Waals surface area contributed by atoms with Gasteiger partial charge in [-0.2, -0.15) is 0 Å². The maximum atomic E-state index is 12.5. The Morgan fingerprint density at radius 3 is 2.40 bits per heavy atom. The van der Waals surface area contributed by atoms with Gasteiger partial charge in [0, 0.05) is 18.2 Å². The Balaban J connectivity index is 1.75. The van der Waals surface area contributed by atoms with E-state index in [9.17, 15) is 13.2 Å². The molecule has 1 aliphatic carbocycles. The van der Waals surface area contributed by atoms with Crippen molar-refractivity contribution in [2.45, 2.75) is 44.2 Å². The summed E-state index contributed by atoms with van der Waals surface area (Å²) in [5.41, 5.74) is 3.28. The van der Waals surface area contributed by atoms with Crippen molar-refractivity contribution in [3.8, 4) is 0 Å². The third-order valence-electron chi connectivity index (χ3n) is 4.24. The Kier molecular flexibility index (Phi) is 4.92. The number of amides is 1. The molecule has 0 heterocycles. The van der Waals surface area contributed by atoms with Gasteiger partial charge in [0.15, 0.2) is 0 Å². The molecule has 0 atom stereocenters. The number of aryl methyl sites for hydroxylation is 2. The molecule has 2 aromatic rings. The summed E-state index contributed by atoms with van der Waals surface area (Å²) in [5, 5.41) is 2.85. The van der Waals surface area contributed by atoms with Crippen LogP contribution in [-0.4, -0.2) is 20.4 Å². The van der Waals surface area contributed by atoms with E-state index in [0.717, 1.165) is 29.5 Å². The number of hydrogen-bond donors (Lipinski definition) is 2. The zero-order valence-corrected chi connectivity index (χ0v) is 15.2. The van der Waals surface area contributed by atoms with Gasteiger partial charge in [-0.25, -0.2) is 13.1 Å². The Hall–Kier alpha value is -2.18. The summed E-state index contributed by atoms with van der Waals surface area (Å²) in [5.74, 6) is -0.276. The monoisotopic (exact) mass is 358 g/mol. The van der Waals surface area contributed by atoms with Crippen molar-refractivity contribution >= 4 is 15.9 Å². The number of rotatable bonds is 6. The molecule has 0 bridgehead atoms. The number of carbonyl (C=O) groups excluding carboxylic acids is 1. The summed E-state index contributed by atoms with van der Waals surface area (Å²) in [7, 11) is -3.57.